The Kier molecular flexibility index (Phi) is 3.64. The molecule has 1 fully saturated rings. The van der Waals surface area contributed by atoms with Crippen molar-refractivity contribution in [1.29, 1.82) is 0 Å². The zero-order valence-electron chi connectivity index (χ0n) is 12.7. The van der Waals surface area contributed by atoms with Crippen LogP contribution in [-0.4, -0.2) is 27.8 Å². The van der Waals surface area contributed by atoms with Gasteiger partial charge in [0.05, 0.1) is 0 Å². The van der Waals surface area contributed by atoms with Gasteiger partial charge in [0.1, 0.15) is 11.1 Å². The zero-order chi connectivity index (χ0) is 17.3. The van der Waals surface area contributed by atoms with Crippen molar-refractivity contribution < 1.29 is 14.4 Å². The quantitative estimate of drug-likeness (QED) is 0.713. The van der Waals surface area contributed by atoms with Crippen LogP contribution in [0.3, 0.4) is 0 Å². The van der Waals surface area contributed by atoms with Crippen molar-refractivity contribution in [3.63, 3.8) is 0 Å². The molecular formula is C16H14N4O4. The minimum absolute atomic E-state index is 0.202. The maximum absolute atomic E-state index is 12.6. The van der Waals surface area contributed by atoms with Gasteiger partial charge in [-0.15, -0.1) is 0 Å². The number of carbonyl (C=O) groups excluding carboxylic acids is 3. The number of rotatable bonds is 3. The van der Waals surface area contributed by atoms with E-state index in [1.165, 1.54) is 18.3 Å². The van der Waals surface area contributed by atoms with Crippen LogP contribution in [0.4, 0.5) is 4.79 Å². The second kappa shape index (κ2) is 5.65. The summed E-state index contributed by atoms with van der Waals surface area (Å²) in [7, 11) is 0. The number of nitrogens with one attached hydrogen (secondary N) is 3. The number of imide groups is 1. The summed E-state index contributed by atoms with van der Waals surface area (Å²) in [5.74, 6) is -1.49. The topological polar surface area (TPSA) is 111 Å². The number of H-pyrrole nitrogens is 1. The van der Waals surface area contributed by atoms with Crippen molar-refractivity contribution in [3.8, 4) is 0 Å². The van der Waals surface area contributed by atoms with Crippen LogP contribution in [0.2, 0.25) is 0 Å². The zero-order valence-corrected chi connectivity index (χ0v) is 12.7. The molecule has 3 N–H and O–H groups in total. The number of carbonyl (C=O) groups is 3. The van der Waals surface area contributed by atoms with Crippen LogP contribution < -0.4 is 16.3 Å². The lowest BCUT2D eigenvalue weighted by Gasteiger charge is -2.22. The summed E-state index contributed by atoms with van der Waals surface area (Å²) >= 11 is 0. The number of aromatic amines is 1. The molecule has 3 rings (SSSR count). The highest BCUT2D eigenvalue weighted by Gasteiger charge is 2.50. The van der Waals surface area contributed by atoms with E-state index in [-0.39, 0.29) is 5.56 Å². The first kappa shape index (κ1) is 15.5. The van der Waals surface area contributed by atoms with Crippen LogP contribution >= 0.6 is 0 Å². The number of aromatic nitrogens is 1. The van der Waals surface area contributed by atoms with Crippen LogP contribution in [0.15, 0.2) is 53.5 Å². The van der Waals surface area contributed by atoms with Gasteiger partial charge < -0.3 is 10.3 Å². The Hall–Kier alpha value is -3.42. The number of pyridine rings is 1. The number of hydrazine groups is 1. The lowest BCUT2D eigenvalue weighted by Crippen LogP contribution is -2.48. The predicted molar refractivity (Wildman–Crippen MR) is 83.7 cm³/mol. The molecular weight excluding hydrogens is 312 g/mol. The van der Waals surface area contributed by atoms with Gasteiger partial charge in [0.25, 0.3) is 17.4 Å². The van der Waals surface area contributed by atoms with E-state index in [9.17, 15) is 19.2 Å². The highest BCUT2D eigenvalue weighted by molar-refractivity contribution is 6.09. The maximum atomic E-state index is 12.6. The molecule has 0 unspecified atom stereocenters. The molecule has 8 heteroatoms. The first-order valence-electron chi connectivity index (χ1n) is 7.14. The largest absolute Gasteiger partial charge is 0.344 e. The van der Waals surface area contributed by atoms with Crippen molar-refractivity contribution in [1.82, 2.24) is 20.7 Å². The fourth-order valence-electron chi connectivity index (χ4n) is 2.47. The first-order chi connectivity index (χ1) is 11.4. The van der Waals surface area contributed by atoms with Gasteiger partial charge in [-0.2, -0.15) is 5.01 Å². The summed E-state index contributed by atoms with van der Waals surface area (Å²) < 4.78 is 0. The molecule has 0 bridgehead atoms. The van der Waals surface area contributed by atoms with Crippen LogP contribution in [0.1, 0.15) is 22.8 Å². The van der Waals surface area contributed by atoms with E-state index < -0.39 is 28.9 Å². The number of benzene rings is 1. The molecule has 1 aliphatic rings. The SMILES string of the molecule is C[C@@]1(c2ccccc2)NC(=O)N(NC(=O)c2ccc[nH]c2=O)C1=O. The van der Waals surface area contributed by atoms with Gasteiger partial charge in [-0.25, -0.2) is 4.79 Å². The van der Waals surface area contributed by atoms with E-state index >= 15 is 0 Å². The molecule has 0 saturated carbocycles. The smallest absolute Gasteiger partial charge is 0.328 e. The number of hydrogen-bond acceptors (Lipinski definition) is 4. The van der Waals surface area contributed by atoms with Crippen LogP contribution in [0.5, 0.6) is 0 Å². The molecule has 4 amide bonds. The van der Waals surface area contributed by atoms with Gasteiger partial charge in [-0.1, -0.05) is 30.3 Å². The number of urea groups is 1. The molecule has 1 aliphatic heterocycles. The highest BCUT2D eigenvalue weighted by Crippen LogP contribution is 2.27. The second-order valence-electron chi connectivity index (χ2n) is 5.42. The van der Waals surface area contributed by atoms with Gasteiger partial charge in [0.2, 0.25) is 0 Å². The number of hydrogen-bond donors (Lipinski definition) is 3. The van der Waals surface area contributed by atoms with Gasteiger partial charge >= 0.3 is 6.03 Å². The number of amides is 4. The Morgan fingerprint density at radius 1 is 1.08 bits per heavy atom. The number of nitrogens with zero attached hydrogens (tertiary/aromatic N) is 1. The third-order valence-electron chi connectivity index (χ3n) is 3.82. The van der Waals surface area contributed by atoms with Crippen molar-refractivity contribution >= 4 is 17.8 Å². The standard InChI is InChI=1S/C16H14N4O4/c1-16(10-6-3-2-4-7-10)14(23)20(15(24)18-16)19-13(22)11-8-5-9-17-12(11)21/h2-9H,1H3,(H,17,21)(H,18,24)(H,19,22)/t16-/m0/s1. The van der Waals surface area contributed by atoms with Crippen LogP contribution in [0, 0.1) is 0 Å². The van der Waals surface area contributed by atoms with Crippen molar-refractivity contribution in [2.45, 2.75) is 12.5 Å². The molecule has 2 aromatic rings. The molecule has 2 heterocycles. The summed E-state index contributed by atoms with van der Waals surface area (Å²) in [6, 6.07) is 10.7. The molecule has 1 aromatic heterocycles. The lowest BCUT2D eigenvalue weighted by atomic mass is 9.92. The Labute approximate surface area is 136 Å². The van der Waals surface area contributed by atoms with Crippen LogP contribution in [0.25, 0.3) is 0 Å². The molecule has 8 nitrogen and oxygen atoms in total. The van der Waals surface area contributed by atoms with E-state index in [2.05, 4.69) is 15.7 Å². The third kappa shape index (κ3) is 2.43. The van der Waals surface area contributed by atoms with E-state index in [0.29, 0.717) is 10.6 Å². The first-order valence-corrected chi connectivity index (χ1v) is 7.14. The summed E-state index contributed by atoms with van der Waals surface area (Å²) in [5, 5.41) is 3.14. The average Bonchev–Trinajstić information content (AvgIpc) is 2.80. The summed E-state index contributed by atoms with van der Waals surface area (Å²) in [6.07, 6.45) is 1.37. The molecule has 122 valence electrons. The maximum Gasteiger partial charge on any atom is 0.344 e. The summed E-state index contributed by atoms with van der Waals surface area (Å²) in [4.78, 5) is 50.9. The van der Waals surface area contributed by atoms with Gasteiger partial charge in [0, 0.05) is 6.20 Å². The van der Waals surface area contributed by atoms with E-state index in [1.54, 1.807) is 37.3 Å². The van der Waals surface area contributed by atoms with E-state index in [1.807, 2.05) is 0 Å². The Morgan fingerprint density at radius 3 is 2.46 bits per heavy atom. The minimum atomic E-state index is -1.30. The third-order valence-corrected chi connectivity index (χ3v) is 3.82. The summed E-state index contributed by atoms with van der Waals surface area (Å²) in [5.41, 5.74) is 0.637. The molecule has 1 saturated heterocycles. The Balaban J connectivity index is 1.87. The highest BCUT2D eigenvalue weighted by atomic mass is 16.2. The normalized spacial score (nSPS) is 20.0. The molecule has 24 heavy (non-hydrogen) atoms. The lowest BCUT2D eigenvalue weighted by molar-refractivity contribution is -0.132. The van der Waals surface area contributed by atoms with Crippen molar-refractivity contribution in [2.24, 2.45) is 0 Å². The molecule has 0 radical (unpaired) electrons. The van der Waals surface area contributed by atoms with Crippen molar-refractivity contribution in [3.05, 3.63) is 70.1 Å². The summed E-state index contributed by atoms with van der Waals surface area (Å²) in [6.45, 7) is 1.55. The van der Waals surface area contributed by atoms with Gasteiger partial charge in [-0.05, 0) is 24.6 Å². The van der Waals surface area contributed by atoms with E-state index in [0.717, 1.165) is 0 Å². The van der Waals surface area contributed by atoms with Gasteiger partial charge in [0.15, 0.2) is 0 Å². The minimum Gasteiger partial charge on any atom is -0.328 e. The fourth-order valence-corrected chi connectivity index (χ4v) is 2.47. The predicted octanol–water partition coefficient (Wildman–Crippen LogP) is 0.487. The fraction of sp³-hybridized carbons (Fsp3) is 0.125. The van der Waals surface area contributed by atoms with Crippen LogP contribution in [-0.2, 0) is 10.3 Å². The second-order valence-corrected chi connectivity index (χ2v) is 5.42. The Morgan fingerprint density at radius 2 is 1.79 bits per heavy atom. The van der Waals surface area contributed by atoms with E-state index in [4.69, 9.17) is 0 Å². The average molecular weight is 326 g/mol. The molecule has 0 spiro atoms. The Bertz CT molecular complexity index is 877. The van der Waals surface area contributed by atoms with Gasteiger partial charge in [-0.3, -0.25) is 19.8 Å². The molecule has 1 atom stereocenters. The molecule has 0 aliphatic carbocycles. The molecule has 1 aromatic carbocycles. The van der Waals surface area contributed by atoms with Crippen molar-refractivity contribution in [2.75, 3.05) is 0 Å². The monoisotopic (exact) mass is 326 g/mol.